The molecule has 0 aliphatic heterocycles. The van der Waals surface area contributed by atoms with Gasteiger partial charge in [-0.2, -0.15) is 5.10 Å². The molecule has 10 nitrogen and oxygen atoms in total. The summed E-state index contributed by atoms with van der Waals surface area (Å²) in [6.07, 6.45) is 15.5. The Labute approximate surface area is 230 Å². The first-order valence-electron chi connectivity index (χ1n) is 13.7. The lowest BCUT2D eigenvalue weighted by Crippen LogP contribution is -2.18. The molecule has 200 valence electrons. The third-order valence-corrected chi connectivity index (χ3v) is 7.68. The fourth-order valence-electron chi connectivity index (χ4n) is 5.67. The monoisotopic (exact) mass is 531 g/mol. The number of H-pyrrole nitrogens is 2. The molecule has 0 bridgehead atoms. The predicted molar refractivity (Wildman–Crippen MR) is 154 cm³/mol. The molecule has 10 heteroatoms. The fraction of sp³-hybridized carbons (Fsp3) is 0.267. The molecule has 3 N–H and O–H groups in total. The van der Waals surface area contributed by atoms with Gasteiger partial charge < -0.3 is 10.3 Å². The minimum atomic E-state index is 0.0584. The van der Waals surface area contributed by atoms with Crippen LogP contribution in [-0.4, -0.2) is 45.6 Å². The number of carbonyl (C=O) groups excluding carboxylic acids is 1. The third-order valence-electron chi connectivity index (χ3n) is 7.68. The highest BCUT2D eigenvalue weighted by molar-refractivity contribution is 5.97. The molecular weight excluding hydrogens is 502 g/mol. The van der Waals surface area contributed by atoms with E-state index in [1.807, 2.05) is 48.1 Å². The normalized spacial score (nSPS) is 14.2. The molecule has 40 heavy (non-hydrogen) atoms. The smallest absolute Gasteiger partial charge is 0.224 e. The number of hydrogen-bond donors (Lipinski definition) is 3. The Morgan fingerprint density at radius 3 is 2.80 bits per heavy atom. The molecule has 0 atom stereocenters. The topological polar surface area (TPSA) is 130 Å². The Morgan fingerprint density at radius 2 is 1.95 bits per heavy atom. The summed E-state index contributed by atoms with van der Waals surface area (Å²) < 4.78 is 1.87. The van der Waals surface area contributed by atoms with Crippen LogP contribution in [0, 0.1) is 12.8 Å². The molecule has 1 amide bonds. The number of fused-ring (bicyclic) bond motifs is 2. The van der Waals surface area contributed by atoms with E-state index in [-0.39, 0.29) is 5.91 Å². The molecule has 7 rings (SSSR count). The van der Waals surface area contributed by atoms with Crippen molar-refractivity contribution in [3.63, 3.8) is 0 Å². The zero-order chi connectivity index (χ0) is 27.1. The van der Waals surface area contributed by atoms with Crippen molar-refractivity contribution in [2.45, 2.75) is 45.4 Å². The van der Waals surface area contributed by atoms with Gasteiger partial charge in [-0.25, -0.2) is 15.0 Å². The van der Waals surface area contributed by atoms with Gasteiger partial charge in [0.15, 0.2) is 11.6 Å². The summed E-state index contributed by atoms with van der Waals surface area (Å²) in [5.74, 6) is 1.89. The van der Waals surface area contributed by atoms with Crippen molar-refractivity contribution in [3.8, 4) is 28.5 Å². The molecule has 5 heterocycles. The largest absolute Gasteiger partial charge is 0.336 e. The van der Waals surface area contributed by atoms with Crippen LogP contribution in [0.1, 0.15) is 44.2 Å². The highest BCUT2D eigenvalue weighted by atomic mass is 16.1. The van der Waals surface area contributed by atoms with Crippen LogP contribution in [0.25, 0.3) is 50.4 Å². The lowest BCUT2D eigenvalue weighted by Gasteiger charge is -2.20. The van der Waals surface area contributed by atoms with Crippen LogP contribution in [0.5, 0.6) is 0 Å². The fourth-order valence-corrected chi connectivity index (χ4v) is 5.67. The first-order valence-corrected chi connectivity index (χ1v) is 13.7. The highest BCUT2D eigenvalue weighted by Crippen LogP contribution is 2.32. The van der Waals surface area contributed by atoms with E-state index in [0.29, 0.717) is 35.4 Å². The Kier molecular flexibility index (Phi) is 6.07. The van der Waals surface area contributed by atoms with E-state index in [9.17, 15) is 4.79 Å². The lowest BCUT2D eigenvalue weighted by molar-refractivity contribution is -0.117. The molecule has 1 aliphatic carbocycles. The number of aryl methyl sites for hydroxylation is 1. The summed E-state index contributed by atoms with van der Waals surface area (Å²) >= 11 is 0. The quantitative estimate of drug-likeness (QED) is 0.243. The second-order valence-corrected chi connectivity index (χ2v) is 10.6. The summed E-state index contributed by atoms with van der Waals surface area (Å²) in [5.41, 5.74) is 6.70. The number of amides is 1. The number of benzene rings is 1. The van der Waals surface area contributed by atoms with Gasteiger partial charge in [0.1, 0.15) is 17.5 Å². The standard InChI is InChI=1S/C30H29N9O/c1-18-16-39(17-33-18)30-28-25(9-10-32-30)35-29(36-28)27-23-13-20(7-8-24(23)37-38-27)21-12-22(15-31-14-21)34-26(40)11-19-5-3-2-4-6-19/h7-10,12-17,19H,2-6,11H2,1H3,(H,34,40)(H,35,36)(H,37,38). The van der Waals surface area contributed by atoms with Crippen LogP contribution in [0.15, 0.2) is 61.4 Å². The van der Waals surface area contributed by atoms with E-state index in [2.05, 4.69) is 41.5 Å². The number of nitrogens with zero attached hydrogens (tertiary/aromatic N) is 6. The minimum absolute atomic E-state index is 0.0584. The van der Waals surface area contributed by atoms with Gasteiger partial charge >= 0.3 is 0 Å². The van der Waals surface area contributed by atoms with Gasteiger partial charge in [0.25, 0.3) is 0 Å². The molecule has 1 fully saturated rings. The van der Waals surface area contributed by atoms with E-state index in [1.165, 1.54) is 19.3 Å². The van der Waals surface area contributed by atoms with Crippen LogP contribution in [0.4, 0.5) is 5.69 Å². The Balaban J connectivity index is 1.19. The molecule has 1 saturated carbocycles. The van der Waals surface area contributed by atoms with Gasteiger partial charge in [0, 0.05) is 36.0 Å². The van der Waals surface area contributed by atoms with Crippen molar-refractivity contribution in [3.05, 3.63) is 67.1 Å². The molecule has 5 aromatic heterocycles. The number of hydrogen-bond acceptors (Lipinski definition) is 6. The van der Waals surface area contributed by atoms with Gasteiger partial charge in [-0.05, 0) is 55.5 Å². The van der Waals surface area contributed by atoms with E-state index in [1.54, 1.807) is 18.7 Å². The van der Waals surface area contributed by atoms with Crippen molar-refractivity contribution in [1.82, 2.24) is 39.7 Å². The van der Waals surface area contributed by atoms with Crippen molar-refractivity contribution in [1.29, 1.82) is 0 Å². The lowest BCUT2D eigenvalue weighted by atomic mass is 9.87. The average molecular weight is 532 g/mol. The Hall–Kier alpha value is -4.86. The minimum Gasteiger partial charge on any atom is -0.336 e. The van der Waals surface area contributed by atoms with Crippen LogP contribution in [-0.2, 0) is 4.79 Å². The molecule has 1 aliphatic rings. The molecule has 1 aromatic carbocycles. The number of aromatic nitrogens is 8. The van der Waals surface area contributed by atoms with Gasteiger partial charge in [0.2, 0.25) is 5.91 Å². The van der Waals surface area contributed by atoms with Gasteiger partial charge in [0.05, 0.1) is 28.6 Å². The van der Waals surface area contributed by atoms with Crippen molar-refractivity contribution in [2.24, 2.45) is 5.92 Å². The van der Waals surface area contributed by atoms with E-state index in [4.69, 9.17) is 4.98 Å². The first-order chi connectivity index (χ1) is 19.6. The maximum Gasteiger partial charge on any atom is 0.224 e. The molecule has 0 spiro atoms. The van der Waals surface area contributed by atoms with Crippen LogP contribution < -0.4 is 5.32 Å². The second-order valence-electron chi connectivity index (χ2n) is 10.6. The predicted octanol–water partition coefficient (Wildman–Crippen LogP) is 5.97. The maximum atomic E-state index is 12.7. The second kappa shape index (κ2) is 10.0. The molecular formula is C30H29N9O. The van der Waals surface area contributed by atoms with E-state index < -0.39 is 0 Å². The SMILES string of the molecule is Cc1cn(-c2nccc3[nH]c(-c4n[nH]c5ccc(-c6cncc(NC(=O)CC7CCCCC7)c6)cc45)nc23)cn1. The number of carbonyl (C=O) groups is 1. The summed E-state index contributed by atoms with van der Waals surface area (Å²) in [6, 6.07) is 9.97. The van der Waals surface area contributed by atoms with Crippen LogP contribution in [0.2, 0.25) is 0 Å². The summed E-state index contributed by atoms with van der Waals surface area (Å²) in [7, 11) is 0. The van der Waals surface area contributed by atoms with Gasteiger partial charge in [-0.3, -0.25) is 19.4 Å². The third kappa shape index (κ3) is 4.61. The van der Waals surface area contributed by atoms with E-state index >= 15 is 0 Å². The number of rotatable bonds is 6. The number of imidazole rings is 2. The molecule has 0 saturated heterocycles. The number of anilines is 1. The van der Waals surface area contributed by atoms with E-state index in [0.717, 1.165) is 51.6 Å². The summed E-state index contributed by atoms with van der Waals surface area (Å²) in [5, 5.41) is 11.7. The zero-order valence-corrected chi connectivity index (χ0v) is 22.2. The number of nitrogens with one attached hydrogen (secondary N) is 3. The highest BCUT2D eigenvalue weighted by Gasteiger charge is 2.18. The van der Waals surface area contributed by atoms with Crippen LogP contribution in [0.3, 0.4) is 0 Å². The van der Waals surface area contributed by atoms with Crippen molar-refractivity contribution >= 4 is 33.5 Å². The summed E-state index contributed by atoms with van der Waals surface area (Å²) in [6.45, 7) is 1.94. The molecule has 0 unspecified atom stereocenters. The number of pyridine rings is 2. The maximum absolute atomic E-state index is 12.7. The molecule has 0 radical (unpaired) electrons. The average Bonchev–Trinajstić information content (AvgIpc) is 3.71. The Bertz CT molecular complexity index is 1840. The van der Waals surface area contributed by atoms with Gasteiger partial charge in [-0.15, -0.1) is 0 Å². The van der Waals surface area contributed by atoms with Crippen LogP contribution >= 0.6 is 0 Å². The Morgan fingerprint density at radius 1 is 1.05 bits per heavy atom. The summed E-state index contributed by atoms with van der Waals surface area (Å²) in [4.78, 5) is 34.2. The first kappa shape index (κ1) is 24.2. The molecule has 6 aromatic rings. The van der Waals surface area contributed by atoms with Crippen molar-refractivity contribution in [2.75, 3.05) is 5.32 Å². The van der Waals surface area contributed by atoms with Gasteiger partial charge in [-0.1, -0.05) is 25.3 Å². The van der Waals surface area contributed by atoms with Crippen molar-refractivity contribution < 1.29 is 4.79 Å². The number of aromatic amines is 2. The zero-order valence-electron chi connectivity index (χ0n) is 22.2.